The zero-order chi connectivity index (χ0) is 23.6. The molecule has 4 rings (SSSR count). The van der Waals surface area contributed by atoms with Crippen LogP contribution in [0.3, 0.4) is 0 Å². The Bertz CT molecular complexity index is 1180. The maximum atomic E-state index is 5.94. The fourth-order valence-corrected chi connectivity index (χ4v) is 3.88. The van der Waals surface area contributed by atoms with Gasteiger partial charge in [-0.25, -0.2) is 19.9 Å². The van der Waals surface area contributed by atoms with Crippen molar-refractivity contribution in [3.05, 3.63) is 84.4 Å². The molecule has 34 heavy (non-hydrogen) atoms. The second kappa shape index (κ2) is 12.1. The Morgan fingerprint density at radius 1 is 0.618 bits per heavy atom. The van der Waals surface area contributed by atoms with Crippen LogP contribution in [-0.4, -0.2) is 26.5 Å². The molecule has 0 fully saturated rings. The minimum atomic E-state index is 0.386. The van der Waals surface area contributed by atoms with E-state index in [0.29, 0.717) is 18.3 Å². The number of aromatic nitrogens is 4. The van der Waals surface area contributed by atoms with Gasteiger partial charge in [-0.15, -0.1) is 0 Å². The highest BCUT2D eigenvalue weighted by Gasteiger charge is 2.12. The second-order valence-corrected chi connectivity index (χ2v) is 8.44. The van der Waals surface area contributed by atoms with Crippen LogP contribution in [0.25, 0.3) is 33.9 Å². The van der Waals surface area contributed by atoms with Crippen LogP contribution in [0.4, 0.5) is 0 Å². The van der Waals surface area contributed by atoms with Gasteiger partial charge in [0, 0.05) is 17.7 Å². The molecule has 0 N–H and O–H groups in total. The van der Waals surface area contributed by atoms with Crippen molar-refractivity contribution in [2.75, 3.05) is 6.61 Å². The number of hydrogen-bond donors (Lipinski definition) is 0. The first kappa shape index (κ1) is 23.7. The number of ether oxygens (including phenoxy) is 1. The van der Waals surface area contributed by atoms with Gasteiger partial charge in [0.2, 0.25) is 0 Å². The van der Waals surface area contributed by atoms with E-state index in [4.69, 9.17) is 19.7 Å². The monoisotopic (exact) mass is 452 g/mol. The predicted octanol–water partition coefficient (Wildman–Crippen LogP) is 7.06. The molecule has 4 aromatic rings. The molecule has 0 unspecified atom stereocenters. The van der Waals surface area contributed by atoms with Crippen LogP contribution in [0, 0.1) is 6.92 Å². The lowest BCUT2D eigenvalue weighted by molar-refractivity contribution is 0.111. The van der Waals surface area contributed by atoms with E-state index < -0.39 is 0 Å². The van der Waals surface area contributed by atoms with E-state index in [-0.39, 0.29) is 0 Å². The summed E-state index contributed by atoms with van der Waals surface area (Å²) in [6.07, 6.45) is 6.07. The number of hydrogen-bond acceptors (Lipinski definition) is 5. The first-order valence-corrected chi connectivity index (χ1v) is 12.2. The average Bonchev–Trinajstić information content (AvgIpc) is 2.89. The zero-order valence-corrected chi connectivity index (χ0v) is 20.1. The standard InChI is InChI=1S/C29H32N4O/c1-3-4-5-6-13-18-34-21-29-32-26(24-16-11-8-12-17-24)20-28(33-29)27-19-25(30-22(2)31-27)23-14-9-7-10-15-23/h7-12,14-17,19-20H,3-6,13,18,21H2,1-2H3. The topological polar surface area (TPSA) is 60.8 Å². The summed E-state index contributed by atoms with van der Waals surface area (Å²) in [5.74, 6) is 1.38. The quantitative estimate of drug-likeness (QED) is 0.228. The van der Waals surface area contributed by atoms with Crippen LogP contribution in [-0.2, 0) is 11.3 Å². The van der Waals surface area contributed by atoms with Gasteiger partial charge in [0.05, 0.1) is 22.8 Å². The number of rotatable bonds is 11. The highest BCUT2D eigenvalue weighted by atomic mass is 16.5. The number of unbranched alkanes of at least 4 members (excludes halogenated alkanes) is 4. The summed E-state index contributed by atoms with van der Waals surface area (Å²) in [6.45, 7) is 5.25. The molecule has 5 heteroatoms. The molecule has 0 spiro atoms. The van der Waals surface area contributed by atoms with Gasteiger partial charge in [-0.2, -0.15) is 0 Å². The Hall–Kier alpha value is -3.44. The molecule has 0 saturated heterocycles. The Labute approximate surface area is 202 Å². The molecule has 0 amide bonds. The number of aryl methyl sites for hydroxylation is 1. The summed E-state index contributed by atoms with van der Waals surface area (Å²) in [5, 5.41) is 0. The lowest BCUT2D eigenvalue weighted by atomic mass is 10.1. The van der Waals surface area contributed by atoms with Crippen molar-refractivity contribution in [3.8, 4) is 33.9 Å². The van der Waals surface area contributed by atoms with Crippen molar-refractivity contribution >= 4 is 0 Å². The van der Waals surface area contributed by atoms with E-state index in [9.17, 15) is 0 Å². The van der Waals surface area contributed by atoms with Crippen LogP contribution < -0.4 is 0 Å². The number of benzene rings is 2. The first-order valence-electron chi connectivity index (χ1n) is 12.2. The van der Waals surface area contributed by atoms with E-state index >= 15 is 0 Å². The molecular formula is C29H32N4O. The minimum absolute atomic E-state index is 0.386. The van der Waals surface area contributed by atoms with Gasteiger partial charge in [-0.3, -0.25) is 0 Å². The normalized spacial score (nSPS) is 11.0. The van der Waals surface area contributed by atoms with E-state index in [0.717, 1.165) is 46.9 Å². The summed E-state index contributed by atoms with van der Waals surface area (Å²) in [6, 6.07) is 24.3. The van der Waals surface area contributed by atoms with Crippen molar-refractivity contribution in [2.24, 2.45) is 0 Å². The van der Waals surface area contributed by atoms with E-state index in [1.54, 1.807) is 0 Å². The van der Waals surface area contributed by atoms with Crippen molar-refractivity contribution in [2.45, 2.75) is 52.6 Å². The predicted molar refractivity (Wildman–Crippen MR) is 137 cm³/mol. The van der Waals surface area contributed by atoms with Crippen molar-refractivity contribution < 1.29 is 4.74 Å². The van der Waals surface area contributed by atoms with Gasteiger partial charge >= 0.3 is 0 Å². The molecule has 5 nitrogen and oxygen atoms in total. The zero-order valence-electron chi connectivity index (χ0n) is 20.1. The van der Waals surface area contributed by atoms with E-state index in [2.05, 4.69) is 36.2 Å². The molecule has 2 heterocycles. The molecule has 0 saturated carbocycles. The Kier molecular flexibility index (Phi) is 8.47. The van der Waals surface area contributed by atoms with Crippen molar-refractivity contribution in [1.29, 1.82) is 0 Å². The van der Waals surface area contributed by atoms with Crippen LogP contribution in [0.2, 0.25) is 0 Å². The van der Waals surface area contributed by atoms with Crippen molar-refractivity contribution in [3.63, 3.8) is 0 Å². The van der Waals surface area contributed by atoms with Gasteiger partial charge in [-0.05, 0) is 25.5 Å². The molecule has 0 aliphatic heterocycles. The van der Waals surface area contributed by atoms with Gasteiger partial charge in [0.15, 0.2) is 5.82 Å². The highest BCUT2D eigenvalue weighted by Crippen LogP contribution is 2.26. The minimum Gasteiger partial charge on any atom is -0.373 e. The summed E-state index contributed by atoms with van der Waals surface area (Å²) >= 11 is 0. The lowest BCUT2D eigenvalue weighted by Crippen LogP contribution is -2.04. The van der Waals surface area contributed by atoms with Gasteiger partial charge in [0.25, 0.3) is 0 Å². The van der Waals surface area contributed by atoms with E-state index in [1.165, 1.54) is 25.7 Å². The fraction of sp³-hybridized carbons (Fsp3) is 0.310. The molecule has 0 bridgehead atoms. The molecular weight excluding hydrogens is 420 g/mol. The Balaban J connectivity index is 1.61. The van der Waals surface area contributed by atoms with Gasteiger partial charge < -0.3 is 4.74 Å². The molecule has 0 aliphatic carbocycles. The Morgan fingerprint density at radius 3 is 1.79 bits per heavy atom. The maximum absolute atomic E-state index is 5.94. The SMILES string of the molecule is CCCCCCCOCc1nc(-c2ccccc2)cc(-c2cc(-c3ccccc3)nc(C)n2)n1. The number of nitrogens with zero attached hydrogens (tertiary/aromatic N) is 4. The molecule has 0 aliphatic rings. The largest absolute Gasteiger partial charge is 0.373 e. The third kappa shape index (κ3) is 6.55. The maximum Gasteiger partial charge on any atom is 0.155 e. The molecule has 174 valence electrons. The summed E-state index contributed by atoms with van der Waals surface area (Å²) in [4.78, 5) is 19.0. The molecule has 0 atom stereocenters. The second-order valence-electron chi connectivity index (χ2n) is 8.44. The molecule has 0 radical (unpaired) electrons. The van der Waals surface area contributed by atoms with Gasteiger partial charge in [0.1, 0.15) is 12.4 Å². The van der Waals surface area contributed by atoms with Crippen LogP contribution in [0.1, 0.15) is 50.7 Å². The van der Waals surface area contributed by atoms with Crippen LogP contribution in [0.5, 0.6) is 0 Å². The van der Waals surface area contributed by atoms with Crippen LogP contribution in [0.15, 0.2) is 72.8 Å². The third-order valence-electron chi connectivity index (χ3n) is 5.64. The van der Waals surface area contributed by atoms with Crippen LogP contribution >= 0.6 is 0 Å². The summed E-state index contributed by atoms with van der Waals surface area (Å²) in [7, 11) is 0. The fourth-order valence-electron chi connectivity index (χ4n) is 3.88. The third-order valence-corrected chi connectivity index (χ3v) is 5.64. The van der Waals surface area contributed by atoms with E-state index in [1.807, 2.05) is 55.5 Å². The molecule has 2 aromatic heterocycles. The molecule has 2 aromatic carbocycles. The average molecular weight is 453 g/mol. The van der Waals surface area contributed by atoms with Gasteiger partial charge in [-0.1, -0.05) is 93.3 Å². The summed E-state index contributed by atoms with van der Waals surface area (Å²) < 4.78 is 5.94. The van der Waals surface area contributed by atoms with Crippen molar-refractivity contribution in [1.82, 2.24) is 19.9 Å². The first-order chi connectivity index (χ1) is 16.7. The smallest absolute Gasteiger partial charge is 0.155 e. The summed E-state index contributed by atoms with van der Waals surface area (Å²) in [5.41, 5.74) is 5.40. The highest BCUT2D eigenvalue weighted by molar-refractivity contribution is 5.69. The Morgan fingerprint density at radius 2 is 1.15 bits per heavy atom. The lowest BCUT2D eigenvalue weighted by Gasteiger charge is -2.11.